The van der Waals surface area contributed by atoms with Gasteiger partial charge >= 0.3 is 6.36 Å². The molecule has 1 aliphatic rings. The maximum atomic E-state index is 12.8. The van der Waals surface area contributed by atoms with Gasteiger partial charge in [-0.2, -0.15) is 4.99 Å². The Labute approximate surface area is 225 Å². The fraction of sp³-hybridized carbons (Fsp3) is 0.593. The number of carbonyl (C=O) groups is 2. The van der Waals surface area contributed by atoms with Crippen LogP contribution in [-0.2, 0) is 19.1 Å². The minimum atomic E-state index is -4.92. The first kappa shape index (κ1) is 37.1. The van der Waals surface area contributed by atoms with Crippen LogP contribution in [0.4, 0.5) is 13.2 Å². The topological polar surface area (TPSA) is 91.7 Å². The van der Waals surface area contributed by atoms with Gasteiger partial charge in [-0.3, -0.25) is 9.59 Å². The minimum absolute atomic E-state index is 0.0266. The lowest BCUT2D eigenvalue weighted by molar-refractivity contribution is -0.303. The molecule has 1 saturated carbocycles. The summed E-state index contributed by atoms with van der Waals surface area (Å²) in [5.41, 5.74) is 0.150. The summed E-state index contributed by atoms with van der Waals surface area (Å²) in [7, 11) is 2.97. The van der Waals surface area contributed by atoms with Gasteiger partial charge in [0.15, 0.2) is 5.90 Å². The third-order valence-corrected chi connectivity index (χ3v) is 5.27. The summed E-state index contributed by atoms with van der Waals surface area (Å²) in [6.45, 7) is 18.4. The van der Waals surface area contributed by atoms with Crippen molar-refractivity contribution < 1.29 is 37.3 Å². The Morgan fingerprint density at radius 2 is 1.76 bits per heavy atom. The van der Waals surface area contributed by atoms with Crippen molar-refractivity contribution in [3.63, 3.8) is 0 Å². The highest BCUT2D eigenvalue weighted by atomic mass is 19.4. The van der Waals surface area contributed by atoms with Gasteiger partial charge in [-0.1, -0.05) is 47.8 Å². The zero-order valence-corrected chi connectivity index (χ0v) is 23.9. The van der Waals surface area contributed by atoms with Crippen molar-refractivity contribution in [2.45, 2.75) is 67.2 Å². The Kier molecular flexibility index (Phi) is 18.6. The normalized spacial score (nSPS) is 17.7. The number of aliphatic hydroxyl groups is 1. The highest BCUT2D eigenvalue weighted by Gasteiger charge is 2.35. The van der Waals surface area contributed by atoms with E-state index < -0.39 is 18.0 Å². The van der Waals surface area contributed by atoms with E-state index in [1.807, 2.05) is 34.6 Å². The van der Waals surface area contributed by atoms with Crippen molar-refractivity contribution in [1.82, 2.24) is 9.80 Å². The summed E-state index contributed by atoms with van der Waals surface area (Å²) in [5, 5.41) is 9.01. The van der Waals surface area contributed by atoms with Crippen LogP contribution in [0.1, 0.15) is 60.8 Å². The standard InChI is InChI=1S/C23H32F3N3O5.2C2H6/c1-7-18(13-16(3)34-23(24,25)26)33-21(19-10-9-15(19)2)27-20(29(6)14-31)17(4)22(32)28(5)11-8-12-30;2*1-2/h7,13-15,19,30H,1,3,8-12H2,2,4-6H3;2*1-2H3/b18-13+,20-17-,27-21+;;. The molecule has 0 heterocycles. The molecule has 0 aliphatic heterocycles. The van der Waals surface area contributed by atoms with Crippen molar-refractivity contribution in [2.75, 3.05) is 27.2 Å². The fourth-order valence-electron chi connectivity index (χ4n) is 3.18. The first-order valence-corrected chi connectivity index (χ1v) is 12.6. The van der Waals surface area contributed by atoms with E-state index in [-0.39, 0.29) is 41.5 Å². The molecule has 0 radical (unpaired) electrons. The Morgan fingerprint density at radius 3 is 2.16 bits per heavy atom. The average molecular weight is 548 g/mol. The molecule has 218 valence electrons. The number of amides is 2. The Bertz CT molecular complexity index is 867. The van der Waals surface area contributed by atoms with Gasteiger partial charge in [-0.15, -0.1) is 13.2 Å². The van der Waals surface area contributed by atoms with Crippen LogP contribution >= 0.6 is 0 Å². The third-order valence-electron chi connectivity index (χ3n) is 5.27. The average Bonchev–Trinajstić information content (AvgIpc) is 2.88. The second-order valence-electron chi connectivity index (χ2n) is 7.95. The van der Waals surface area contributed by atoms with Crippen LogP contribution in [0.15, 0.2) is 53.2 Å². The van der Waals surface area contributed by atoms with Gasteiger partial charge in [0.25, 0.3) is 5.91 Å². The van der Waals surface area contributed by atoms with Crippen LogP contribution in [0.2, 0.25) is 0 Å². The number of aliphatic hydroxyl groups excluding tert-OH is 1. The summed E-state index contributed by atoms with van der Waals surface area (Å²) < 4.78 is 47.0. The zero-order valence-electron chi connectivity index (χ0n) is 23.9. The van der Waals surface area contributed by atoms with Gasteiger partial charge < -0.3 is 24.4 Å². The van der Waals surface area contributed by atoms with E-state index in [4.69, 9.17) is 9.84 Å². The van der Waals surface area contributed by atoms with Gasteiger partial charge in [-0.05, 0) is 38.2 Å². The maximum Gasteiger partial charge on any atom is 0.573 e. The monoisotopic (exact) mass is 547 g/mol. The quantitative estimate of drug-likeness (QED) is 0.0835. The molecule has 1 aliphatic carbocycles. The number of likely N-dealkylation sites (N-methyl/N-ethyl adjacent to an activating group) is 1. The smallest absolute Gasteiger partial charge is 0.442 e. The number of rotatable bonds is 12. The molecule has 1 rings (SSSR count). The first-order valence-electron chi connectivity index (χ1n) is 12.6. The molecule has 2 amide bonds. The van der Waals surface area contributed by atoms with Crippen LogP contribution in [0.25, 0.3) is 0 Å². The maximum absolute atomic E-state index is 12.8. The number of allylic oxidation sites excluding steroid dienone is 2. The van der Waals surface area contributed by atoms with Gasteiger partial charge in [0.1, 0.15) is 17.3 Å². The molecule has 38 heavy (non-hydrogen) atoms. The van der Waals surface area contributed by atoms with Crippen LogP contribution in [0.5, 0.6) is 0 Å². The first-order chi connectivity index (χ1) is 17.8. The van der Waals surface area contributed by atoms with Gasteiger partial charge in [-0.25, -0.2) is 0 Å². The van der Waals surface area contributed by atoms with Crippen molar-refractivity contribution >= 4 is 18.2 Å². The van der Waals surface area contributed by atoms with Crippen LogP contribution in [0, 0.1) is 11.8 Å². The molecule has 0 spiro atoms. The molecule has 2 atom stereocenters. The molecule has 11 heteroatoms. The second-order valence-corrected chi connectivity index (χ2v) is 7.95. The number of halogens is 3. The molecule has 0 aromatic carbocycles. The zero-order chi connectivity index (χ0) is 30.1. The lowest BCUT2D eigenvalue weighted by atomic mass is 9.75. The molecule has 8 nitrogen and oxygen atoms in total. The number of ether oxygens (including phenoxy) is 2. The Hall–Kier alpha value is -3.08. The summed E-state index contributed by atoms with van der Waals surface area (Å²) in [6, 6.07) is 0. The summed E-state index contributed by atoms with van der Waals surface area (Å²) >= 11 is 0. The summed E-state index contributed by atoms with van der Waals surface area (Å²) in [4.78, 5) is 31.3. The van der Waals surface area contributed by atoms with E-state index in [0.717, 1.165) is 17.4 Å². The van der Waals surface area contributed by atoms with Gasteiger partial charge in [0.05, 0.1) is 5.57 Å². The summed E-state index contributed by atoms with van der Waals surface area (Å²) in [6.07, 6.45) is -0.372. The number of hydrogen-bond acceptors (Lipinski definition) is 6. The van der Waals surface area contributed by atoms with E-state index in [1.54, 1.807) is 7.05 Å². The lowest BCUT2D eigenvalue weighted by Gasteiger charge is -2.34. The van der Waals surface area contributed by atoms with E-state index in [0.29, 0.717) is 25.8 Å². The molecule has 2 unspecified atom stereocenters. The molecule has 1 fully saturated rings. The highest BCUT2D eigenvalue weighted by Crippen LogP contribution is 2.36. The van der Waals surface area contributed by atoms with Crippen molar-refractivity contribution in [3.05, 3.63) is 48.2 Å². The van der Waals surface area contributed by atoms with Gasteiger partial charge in [0, 0.05) is 39.2 Å². The number of aliphatic imine (C=N–C) groups is 1. The molecule has 0 aromatic heterocycles. The largest absolute Gasteiger partial charge is 0.573 e. The number of nitrogens with zero attached hydrogens (tertiary/aromatic N) is 3. The molecule has 0 aromatic rings. The van der Waals surface area contributed by atoms with E-state index >= 15 is 0 Å². The summed E-state index contributed by atoms with van der Waals surface area (Å²) in [5.74, 6) is -1.09. The Morgan fingerprint density at radius 1 is 1.18 bits per heavy atom. The SMILES string of the molecule is C=C/C(=C\C(=C)OC(F)(F)F)O/C(=N/C(=C(\C)C(=O)N(C)CCCO)N(C)C=O)C1CCC1C.CC.CC. The van der Waals surface area contributed by atoms with Crippen LogP contribution in [-0.4, -0.2) is 66.7 Å². The van der Waals surface area contributed by atoms with Crippen LogP contribution in [0.3, 0.4) is 0 Å². The van der Waals surface area contributed by atoms with Crippen molar-refractivity contribution in [1.29, 1.82) is 0 Å². The van der Waals surface area contributed by atoms with Gasteiger partial charge in [0.2, 0.25) is 6.41 Å². The van der Waals surface area contributed by atoms with Crippen molar-refractivity contribution in [2.24, 2.45) is 16.8 Å². The highest BCUT2D eigenvalue weighted by molar-refractivity contribution is 5.94. The fourth-order valence-corrected chi connectivity index (χ4v) is 3.18. The van der Waals surface area contributed by atoms with E-state index in [2.05, 4.69) is 22.9 Å². The second kappa shape index (κ2) is 19.1. The molecule has 0 bridgehead atoms. The van der Waals surface area contributed by atoms with E-state index in [1.165, 1.54) is 24.9 Å². The molecule has 0 saturated heterocycles. The minimum Gasteiger partial charge on any atom is -0.442 e. The molecular formula is C27H44F3N3O5. The van der Waals surface area contributed by atoms with Crippen LogP contribution < -0.4 is 0 Å². The number of hydrogen-bond donors (Lipinski definition) is 1. The van der Waals surface area contributed by atoms with Crippen molar-refractivity contribution in [3.8, 4) is 0 Å². The number of carbonyl (C=O) groups excluding carboxylic acids is 2. The molecule has 1 N–H and O–H groups in total. The van der Waals surface area contributed by atoms with E-state index in [9.17, 15) is 22.8 Å². The predicted molar refractivity (Wildman–Crippen MR) is 144 cm³/mol. The Balaban J connectivity index is 0. The molecular weight excluding hydrogens is 503 g/mol. The predicted octanol–water partition coefficient (Wildman–Crippen LogP) is 5.78. The third kappa shape index (κ3) is 12.9. The lowest BCUT2D eigenvalue weighted by Crippen LogP contribution is -2.34. The number of alkyl halides is 3.